The molecule has 13 heavy (non-hydrogen) atoms. The van der Waals surface area contributed by atoms with Gasteiger partial charge in [-0.3, -0.25) is 9.59 Å². The number of Topliss-reactive ketones (excluding diaryl/α,β-unsaturated/α-hetero) is 1. The van der Waals surface area contributed by atoms with E-state index < -0.39 is 12.1 Å². The SMILES string of the molecule is CC(=O)OC(C[N+](C)(C)C)C(C)=O. The average molecular weight is 188 g/mol. The number of nitrogens with zero attached hydrogens (tertiary/aromatic N) is 1. The zero-order valence-electron chi connectivity index (χ0n) is 8.96. The largest absolute Gasteiger partial charge is 0.448 e. The molecule has 0 amide bonds. The first-order valence-electron chi connectivity index (χ1n) is 4.20. The smallest absolute Gasteiger partial charge is 0.303 e. The predicted molar refractivity (Wildman–Crippen MR) is 49.1 cm³/mol. The van der Waals surface area contributed by atoms with E-state index in [0.29, 0.717) is 11.0 Å². The Balaban J connectivity index is 4.27. The van der Waals surface area contributed by atoms with Crippen molar-refractivity contribution in [3.05, 3.63) is 0 Å². The molecule has 0 aromatic rings. The van der Waals surface area contributed by atoms with Gasteiger partial charge in [0, 0.05) is 6.92 Å². The van der Waals surface area contributed by atoms with Gasteiger partial charge in [-0.05, 0) is 6.92 Å². The van der Waals surface area contributed by atoms with Crippen molar-refractivity contribution in [1.82, 2.24) is 0 Å². The summed E-state index contributed by atoms with van der Waals surface area (Å²) in [6.07, 6.45) is -0.613. The van der Waals surface area contributed by atoms with Crippen LogP contribution in [0.4, 0.5) is 0 Å². The normalized spacial score (nSPS) is 13.6. The molecule has 0 heterocycles. The first kappa shape index (κ1) is 12.1. The van der Waals surface area contributed by atoms with Gasteiger partial charge >= 0.3 is 5.97 Å². The molecule has 0 aliphatic carbocycles. The van der Waals surface area contributed by atoms with Gasteiger partial charge < -0.3 is 9.22 Å². The first-order valence-corrected chi connectivity index (χ1v) is 4.20. The third-order valence-electron chi connectivity index (χ3n) is 1.48. The van der Waals surface area contributed by atoms with Crippen LogP contribution in [0.5, 0.6) is 0 Å². The van der Waals surface area contributed by atoms with Crippen LogP contribution < -0.4 is 0 Å². The number of esters is 1. The number of likely N-dealkylation sites (N-methyl/N-ethyl adjacent to an activating group) is 1. The van der Waals surface area contributed by atoms with Crippen molar-refractivity contribution in [3.8, 4) is 0 Å². The lowest BCUT2D eigenvalue weighted by Gasteiger charge is -2.27. The lowest BCUT2D eigenvalue weighted by Crippen LogP contribution is -2.45. The Morgan fingerprint density at radius 1 is 1.23 bits per heavy atom. The number of hydrogen-bond acceptors (Lipinski definition) is 3. The van der Waals surface area contributed by atoms with Gasteiger partial charge in [-0.1, -0.05) is 0 Å². The summed E-state index contributed by atoms with van der Waals surface area (Å²) in [6, 6.07) is 0. The molecule has 0 aliphatic rings. The average Bonchev–Trinajstić information content (AvgIpc) is 1.81. The Morgan fingerprint density at radius 2 is 1.69 bits per heavy atom. The van der Waals surface area contributed by atoms with Crippen LogP contribution >= 0.6 is 0 Å². The van der Waals surface area contributed by atoms with E-state index in [1.165, 1.54) is 13.8 Å². The summed E-state index contributed by atoms with van der Waals surface area (Å²) < 4.78 is 5.48. The van der Waals surface area contributed by atoms with Gasteiger partial charge in [-0.25, -0.2) is 0 Å². The summed E-state index contributed by atoms with van der Waals surface area (Å²) in [4.78, 5) is 21.7. The molecule has 0 saturated heterocycles. The van der Waals surface area contributed by atoms with Crippen LogP contribution in [0.25, 0.3) is 0 Å². The number of quaternary nitrogens is 1. The molecule has 0 saturated carbocycles. The fourth-order valence-corrected chi connectivity index (χ4v) is 0.947. The van der Waals surface area contributed by atoms with Crippen molar-refractivity contribution >= 4 is 11.8 Å². The van der Waals surface area contributed by atoms with E-state index in [2.05, 4.69) is 0 Å². The van der Waals surface area contributed by atoms with Crippen molar-refractivity contribution in [3.63, 3.8) is 0 Å². The number of carbonyl (C=O) groups is 2. The first-order chi connectivity index (χ1) is 5.72. The van der Waals surface area contributed by atoms with Crippen molar-refractivity contribution in [2.45, 2.75) is 20.0 Å². The quantitative estimate of drug-likeness (QED) is 0.468. The van der Waals surface area contributed by atoms with Gasteiger partial charge in [0.1, 0.15) is 6.54 Å². The fourth-order valence-electron chi connectivity index (χ4n) is 0.947. The summed E-state index contributed by atoms with van der Waals surface area (Å²) in [7, 11) is 5.83. The lowest BCUT2D eigenvalue weighted by atomic mass is 10.2. The van der Waals surface area contributed by atoms with Crippen LogP contribution in [0.3, 0.4) is 0 Å². The molecule has 0 N–H and O–H groups in total. The van der Waals surface area contributed by atoms with Crippen molar-refractivity contribution in [2.75, 3.05) is 27.7 Å². The van der Waals surface area contributed by atoms with Gasteiger partial charge in [0.2, 0.25) is 6.10 Å². The monoisotopic (exact) mass is 188 g/mol. The van der Waals surface area contributed by atoms with Gasteiger partial charge in [0.15, 0.2) is 5.78 Å². The minimum absolute atomic E-state index is 0.108. The van der Waals surface area contributed by atoms with Crippen LogP contribution in [0.1, 0.15) is 13.8 Å². The molecule has 0 aliphatic heterocycles. The number of hydrogen-bond donors (Lipinski definition) is 0. The second kappa shape index (κ2) is 4.37. The highest BCUT2D eigenvalue weighted by atomic mass is 16.5. The van der Waals surface area contributed by atoms with Crippen LogP contribution in [-0.4, -0.2) is 50.0 Å². The van der Waals surface area contributed by atoms with E-state index in [-0.39, 0.29) is 5.78 Å². The van der Waals surface area contributed by atoms with E-state index in [4.69, 9.17) is 4.74 Å². The number of carbonyl (C=O) groups excluding carboxylic acids is 2. The van der Waals surface area contributed by atoms with Gasteiger partial charge in [-0.2, -0.15) is 0 Å². The van der Waals surface area contributed by atoms with Crippen molar-refractivity contribution < 1.29 is 18.8 Å². The fraction of sp³-hybridized carbons (Fsp3) is 0.778. The van der Waals surface area contributed by atoms with Gasteiger partial charge in [0.05, 0.1) is 21.1 Å². The molecule has 0 fully saturated rings. The van der Waals surface area contributed by atoms with E-state index >= 15 is 0 Å². The Labute approximate surface area is 79.1 Å². The number of ether oxygens (including phenoxy) is 1. The topological polar surface area (TPSA) is 43.4 Å². The molecule has 0 rings (SSSR count). The molecule has 0 radical (unpaired) electrons. The Kier molecular flexibility index (Phi) is 4.07. The maximum atomic E-state index is 11.1. The molecular formula is C9H18NO3+. The standard InChI is InChI=1S/C9H18NO3/c1-7(11)9(13-8(2)12)6-10(3,4)5/h9H,6H2,1-5H3/q+1. The second-order valence-corrected chi connectivity index (χ2v) is 4.18. The molecule has 0 spiro atoms. The second-order valence-electron chi connectivity index (χ2n) is 4.18. The zero-order valence-corrected chi connectivity index (χ0v) is 8.96. The molecule has 0 bridgehead atoms. The van der Waals surface area contributed by atoms with Crippen molar-refractivity contribution in [1.29, 1.82) is 0 Å². The molecule has 0 aromatic heterocycles. The van der Waals surface area contributed by atoms with Crippen LogP contribution in [0, 0.1) is 0 Å². The van der Waals surface area contributed by atoms with Crippen molar-refractivity contribution in [2.24, 2.45) is 0 Å². The highest BCUT2D eigenvalue weighted by Gasteiger charge is 2.24. The summed E-state index contributed by atoms with van der Waals surface area (Å²) >= 11 is 0. The van der Waals surface area contributed by atoms with E-state index in [1.807, 2.05) is 21.1 Å². The van der Waals surface area contributed by atoms with Crippen LogP contribution in [0.15, 0.2) is 0 Å². The summed E-state index contributed by atoms with van der Waals surface area (Å²) in [5, 5.41) is 0. The lowest BCUT2D eigenvalue weighted by molar-refractivity contribution is -0.872. The summed E-state index contributed by atoms with van der Waals surface area (Å²) in [5.74, 6) is -0.517. The molecule has 0 aromatic carbocycles. The molecule has 1 unspecified atom stereocenters. The zero-order chi connectivity index (χ0) is 10.6. The molecular weight excluding hydrogens is 170 g/mol. The third kappa shape index (κ3) is 6.28. The predicted octanol–water partition coefficient (Wildman–Crippen LogP) is 0.213. The molecule has 4 heteroatoms. The summed E-state index contributed by atoms with van der Waals surface area (Å²) in [5.41, 5.74) is 0. The van der Waals surface area contributed by atoms with E-state index in [1.54, 1.807) is 0 Å². The number of rotatable bonds is 4. The van der Waals surface area contributed by atoms with Gasteiger partial charge in [-0.15, -0.1) is 0 Å². The minimum Gasteiger partial charge on any atom is -0.448 e. The summed E-state index contributed by atoms with van der Waals surface area (Å²) in [6.45, 7) is 3.25. The van der Waals surface area contributed by atoms with E-state index in [0.717, 1.165) is 0 Å². The maximum Gasteiger partial charge on any atom is 0.303 e. The van der Waals surface area contributed by atoms with Crippen LogP contribution in [0.2, 0.25) is 0 Å². The highest BCUT2D eigenvalue weighted by molar-refractivity contribution is 5.83. The van der Waals surface area contributed by atoms with Gasteiger partial charge in [0.25, 0.3) is 0 Å². The number of ketones is 1. The molecule has 1 atom stereocenters. The van der Waals surface area contributed by atoms with Crippen LogP contribution in [-0.2, 0) is 14.3 Å². The third-order valence-corrected chi connectivity index (χ3v) is 1.48. The minimum atomic E-state index is -0.613. The Bertz CT molecular complexity index is 205. The highest BCUT2D eigenvalue weighted by Crippen LogP contribution is 2.01. The van der Waals surface area contributed by atoms with E-state index in [9.17, 15) is 9.59 Å². The molecule has 76 valence electrons. The Morgan fingerprint density at radius 3 is 1.92 bits per heavy atom. The Hall–Kier alpha value is -0.900. The maximum absolute atomic E-state index is 11.1. The molecule has 4 nitrogen and oxygen atoms in total.